The van der Waals surface area contributed by atoms with Crippen molar-refractivity contribution >= 4 is 98.4 Å². The average molecular weight is 789 g/mol. The van der Waals surface area contributed by atoms with Gasteiger partial charge in [0, 0.05) is 13.1 Å². The van der Waals surface area contributed by atoms with Gasteiger partial charge in [0.25, 0.3) is 0 Å². The standard InChI is InChI=1S/C40H36N8O4S3/c49-33-31(34(50)46(28-17-7-2-8-18-28)38(54)45(33)27-15-5-1-6-16-27)25-43-40(23-13-14-24-40)44(42-37(53)41-43)26-32-35(51)47(29-19-9-3-10-20-29)39(55)48(36(32)52)30-21-11-4-12-22-30/h1-12,15-22,31-32H,13-14,23-26H2,(H2,41,42,53). The number of carbonyl (C=O) groups excluding carboxylic acids is 4. The minimum absolute atomic E-state index is 0.0582. The molecule has 55 heavy (non-hydrogen) atoms. The number of amides is 4. The molecule has 15 heteroatoms. The van der Waals surface area contributed by atoms with Crippen LogP contribution in [0.1, 0.15) is 25.7 Å². The number of carbonyl (C=O) groups is 4. The number of para-hydroxylation sites is 4. The van der Waals surface area contributed by atoms with Crippen molar-refractivity contribution in [2.75, 3.05) is 32.7 Å². The summed E-state index contributed by atoms with van der Waals surface area (Å²) in [5.41, 5.74) is 7.76. The van der Waals surface area contributed by atoms with Crippen LogP contribution < -0.4 is 30.5 Å². The van der Waals surface area contributed by atoms with Crippen molar-refractivity contribution in [1.82, 2.24) is 20.9 Å². The number of rotatable bonds is 8. The lowest BCUT2D eigenvalue weighted by molar-refractivity contribution is -0.148. The van der Waals surface area contributed by atoms with Crippen molar-refractivity contribution in [3.05, 3.63) is 121 Å². The van der Waals surface area contributed by atoms with E-state index in [2.05, 4.69) is 10.9 Å². The van der Waals surface area contributed by atoms with E-state index in [9.17, 15) is 19.2 Å². The van der Waals surface area contributed by atoms with Gasteiger partial charge in [0.05, 0.1) is 22.7 Å². The third-order valence-corrected chi connectivity index (χ3v) is 11.4. The van der Waals surface area contributed by atoms with Gasteiger partial charge in [-0.05, 0) is 98.0 Å². The fraction of sp³-hybridized carbons (Fsp3) is 0.225. The van der Waals surface area contributed by atoms with Crippen LogP contribution in [0.3, 0.4) is 0 Å². The van der Waals surface area contributed by atoms with Crippen LogP contribution in [0.2, 0.25) is 0 Å². The summed E-state index contributed by atoms with van der Waals surface area (Å²) >= 11 is 17.4. The van der Waals surface area contributed by atoms with E-state index in [-0.39, 0.29) is 28.4 Å². The fourth-order valence-corrected chi connectivity index (χ4v) is 8.89. The van der Waals surface area contributed by atoms with Gasteiger partial charge in [-0.2, -0.15) is 10.0 Å². The first-order valence-corrected chi connectivity index (χ1v) is 19.2. The van der Waals surface area contributed by atoms with Crippen molar-refractivity contribution in [3.63, 3.8) is 0 Å². The summed E-state index contributed by atoms with van der Waals surface area (Å²) in [6.45, 7) is -0.150. The molecular formula is C40H36N8O4S3. The van der Waals surface area contributed by atoms with Crippen LogP contribution in [0, 0.1) is 11.8 Å². The number of anilines is 4. The first kappa shape index (κ1) is 36.5. The second-order valence-electron chi connectivity index (χ2n) is 13.7. The van der Waals surface area contributed by atoms with Crippen LogP contribution in [-0.2, 0) is 19.2 Å². The summed E-state index contributed by atoms with van der Waals surface area (Å²) in [5.74, 6) is -4.27. The zero-order valence-corrected chi connectivity index (χ0v) is 31.9. The molecule has 12 nitrogen and oxygen atoms in total. The largest absolute Gasteiger partial charge is 0.293 e. The van der Waals surface area contributed by atoms with Gasteiger partial charge in [-0.1, -0.05) is 85.6 Å². The number of thiocarbonyl (C=S) groups is 3. The highest BCUT2D eigenvalue weighted by molar-refractivity contribution is 7.81. The predicted octanol–water partition coefficient (Wildman–Crippen LogP) is 5.13. The highest BCUT2D eigenvalue weighted by Gasteiger charge is 2.55. The number of hydrogen-bond donors (Lipinski definition) is 2. The van der Waals surface area contributed by atoms with Gasteiger partial charge in [-0.25, -0.2) is 0 Å². The first-order valence-electron chi connectivity index (χ1n) is 18.0. The first-order chi connectivity index (χ1) is 26.7. The van der Waals surface area contributed by atoms with Crippen molar-refractivity contribution < 1.29 is 19.2 Å². The van der Waals surface area contributed by atoms with Crippen LogP contribution in [0.15, 0.2) is 121 Å². The molecule has 1 aliphatic carbocycles. The van der Waals surface area contributed by atoms with E-state index in [1.165, 1.54) is 19.6 Å². The number of benzene rings is 4. The Balaban J connectivity index is 1.15. The molecule has 0 bridgehead atoms. The fourth-order valence-electron chi connectivity index (χ4n) is 7.88. The van der Waals surface area contributed by atoms with Gasteiger partial charge in [0.15, 0.2) is 15.3 Å². The molecule has 4 aliphatic rings. The van der Waals surface area contributed by atoms with Crippen LogP contribution in [-0.4, -0.2) is 67.7 Å². The van der Waals surface area contributed by atoms with E-state index in [0.29, 0.717) is 35.6 Å². The minimum atomic E-state index is -1.20. The summed E-state index contributed by atoms with van der Waals surface area (Å²) in [4.78, 5) is 63.6. The van der Waals surface area contributed by atoms with Crippen molar-refractivity contribution in [2.45, 2.75) is 31.3 Å². The van der Waals surface area contributed by atoms with Crippen molar-refractivity contribution in [2.24, 2.45) is 11.8 Å². The molecule has 4 aromatic carbocycles. The monoisotopic (exact) mass is 788 g/mol. The van der Waals surface area contributed by atoms with Crippen LogP contribution in [0.4, 0.5) is 22.7 Å². The minimum Gasteiger partial charge on any atom is -0.293 e. The molecule has 4 amide bonds. The Labute approximate surface area is 334 Å². The Hall–Kier alpha value is -5.45. The van der Waals surface area contributed by atoms with Crippen LogP contribution in [0.5, 0.6) is 0 Å². The summed E-state index contributed by atoms with van der Waals surface area (Å²) in [6, 6.07) is 36.1. The molecule has 0 atom stereocenters. The summed E-state index contributed by atoms with van der Waals surface area (Å²) in [6.07, 6.45) is 2.81. The maximum atomic E-state index is 14.5. The third kappa shape index (κ3) is 6.47. The Morgan fingerprint density at radius 3 is 1.02 bits per heavy atom. The average Bonchev–Trinajstić information content (AvgIpc) is 3.69. The molecule has 3 aliphatic heterocycles. The Bertz CT molecular complexity index is 1900. The zero-order valence-electron chi connectivity index (χ0n) is 29.5. The van der Waals surface area contributed by atoms with E-state index >= 15 is 0 Å². The van der Waals surface area contributed by atoms with E-state index in [1.807, 2.05) is 82.8 Å². The lowest BCUT2D eigenvalue weighted by Gasteiger charge is -2.55. The van der Waals surface area contributed by atoms with Crippen LogP contribution >= 0.6 is 36.7 Å². The molecule has 1 spiro atoms. The van der Waals surface area contributed by atoms with Crippen molar-refractivity contribution in [3.8, 4) is 0 Å². The summed E-state index contributed by atoms with van der Waals surface area (Å²) < 4.78 is 0. The lowest BCUT2D eigenvalue weighted by Crippen LogP contribution is -2.78. The highest BCUT2D eigenvalue weighted by Crippen LogP contribution is 2.41. The van der Waals surface area contributed by atoms with Crippen LogP contribution in [0.25, 0.3) is 0 Å². The molecule has 0 unspecified atom stereocenters. The number of hydrogen-bond acceptors (Lipinski definition) is 9. The van der Waals surface area contributed by atoms with E-state index in [0.717, 1.165) is 12.8 Å². The van der Waals surface area contributed by atoms with E-state index < -0.39 is 41.1 Å². The van der Waals surface area contributed by atoms with E-state index in [4.69, 9.17) is 36.7 Å². The summed E-state index contributed by atoms with van der Waals surface area (Å²) in [5, 5.41) is 3.99. The summed E-state index contributed by atoms with van der Waals surface area (Å²) in [7, 11) is 0. The maximum Gasteiger partial charge on any atom is 0.247 e. The Kier molecular flexibility index (Phi) is 9.96. The number of nitrogens with zero attached hydrogens (tertiary/aromatic N) is 6. The topological polar surface area (TPSA) is 112 Å². The Morgan fingerprint density at radius 1 is 0.473 bits per heavy atom. The molecule has 0 aromatic heterocycles. The zero-order chi connectivity index (χ0) is 38.3. The molecule has 1 saturated carbocycles. The number of nitrogens with one attached hydrogen (secondary N) is 2. The quantitative estimate of drug-likeness (QED) is 0.183. The van der Waals surface area contributed by atoms with Gasteiger partial charge < -0.3 is 0 Å². The molecule has 3 saturated heterocycles. The molecule has 2 N–H and O–H groups in total. The van der Waals surface area contributed by atoms with Gasteiger partial charge >= 0.3 is 0 Å². The SMILES string of the molecule is O=C1C(CN2NC(=S)NN(CC3C(=O)N(c4ccccc4)C(=S)N(c4ccccc4)C3=O)C23CCCC3)C(=O)N(c2ccccc2)C(=S)N1c1ccccc1. The molecule has 4 aromatic rings. The predicted molar refractivity (Wildman–Crippen MR) is 221 cm³/mol. The van der Waals surface area contributed by atoms with Gasteiger partial charge in [-0.15, -0.1) is 0 Å². The van der Waals surface area contributed by atoms with Gasteiger partial charge in [0.2, 0.25) is 23.6 Å². The highest BCUT2D eigenvalue weighted by atomic mass is 32.1. The molecule has 4 fully saturated rings. The maximum absolute atomic E-state index is 14.5. The lowest BCUT2D eigenvalue weighted by atomic mass is 9.96. The second kappa shape index (κ2) is 15.0. The van der Waals surface area contributed by atoms with Gasteiger partial charge in [-0.3, -0.25) is 49.6 Å². The van der Waals surface area contributed by atoms with E-state index in [1.54, 1.807) is 48.5 Å². The molecular weight excluding hydrogens is 753 g/mol. The normalized spacial score (nSPS) is 20.1. The molecule has 0 radical (unpaired) electrons. The number of hydrazine groups is 2. The molecule has 3 heterocycles. The second-order valence-corrected chi connectivity index (χ2v) is 14.8. The molecule has 278 valence electrons. The molecule has 8 rings (SSSR count). The van der Waals surface area contributed by atoms with Crippen molar-refractivity contribution in [1.29, 1.82) is 0 Å². The van der Waals surface area contributed by atoms with Gasteiger partial charge in [0.1, 0.15) is 17.5 Å². The third-order valence-electron chi connectivity index (χ3n) is 10.5. The smallest absolute Gasteiger partial charge is 0.247 e. The Morgan fingerprint density at radius 2 is 0.745 bits per heavy atom.